The average molecular weight is 311 g/mol. The van der Waals surface area contributed by atoms with Gasteiger partial charge in [0.1, 0.15) is 24.8 Å². The normalized spacial score (nSPS) is 14.9. The second kappa shape index (κ2) is 5.53. The molecule has 1 unspecified atom stereocenters. The summed E-state index contributed by atoms with van der Waals surface area (Å²) in [6.07, 6.45) is 0. The number of rotatable bonds is 2. The van der Waals surface area contributed by atoms with E-state index in [1.165, 1.54) is 6.92 Å². The van der Waals surface area contributed by atoms with Crippen molar-refractivity contribution in [2.24, 2.45) is 0 Å². The molecule has 0 fully saturated rings. The SMILES string of the molecule is Cc1cc(F)c(C(Cl)c2ccc3c(c2)OCCO3)cc1F. The molecule has 3 rings (SSSR count). The first-order chi connectivity index (χ1) is 10.1. The van der Waals surface area contributed by atoms with Crippen LogP contribution in [0, 0.1) is 18.6 Å². The summed E-state index contributed by atoms with van der Waals surface area (Å²) in [4.78, 5) is 0. The minimum atomic E-state index is -0.795. The van der Waals surface area contributed by atoms with Gasteiger partial charge in [-0.3, -0.25) is 0 Å². The first kappa shape index (κ1) is 14.1. The summed E-state index contributed by atoms with van der Waals surface area (Å²) in [7, 11) is 0. The van der Waals surface area contributed by atoms with Gasteiger partial charge in [0.15, 0.2) is 11.5 Å². The Balaban J connectivity index is 1.98. The number of ether oxygens (including phenoxy) is 2. The van der Waals surface area contributed by atoms with E-state index in [1.54, 1.807) is 18.2 Å². The predicted octanol–water partition coefficient (Wildman–Crippen LogP) is 4.37. The van der Waals surface area contributed by atoms with Gasteiger partial charge >= 0.3 is 0 Å². The zero-order valence-corrected chi connectivity index (χ0v) is 12.1. The Labute approximate surface area is 126 Å². The van der Waals surface area contributed by atoms with Crippen LogP contribution < -0.4 is 9.47 Å². The van der Waals surface area contributed by atoms with Crippen molar-refractivity contribution in [1.82, 2.24) is 0 Å². The van der Waals surface area contributed by atoms with Crippen molar-refractivity contribution in [1.29, 1.82) is 0 Å². The summed E-state index contributed by atoms with van der Waals surface area (Å²) in [6, 6.07) is 7.44. The third-order valence-corrected chi connectivity index (χ3v) is 3.90. The van der Waals surface area contributed by atoms with Gasteiger partial charge in [0.05, 0.1) is 5.38 Å². The van der Waals surface area contributed by atoms with E-state index in [0.717, 1.165) is 12.1 Å². The lowest BCUT2D eigenvalue weighted by molar-refractivity contribution is 0.171. The summed E-state index contributed by atoms with van der Waals surface area (Å²) in [5.74, 6) is 0.195. The molecule has 2 nitrogen and oxygen atoms in total. The van der Waals surface area contributed by atoms with Gasteiger partial charge in [-0.05, 0) is 42.3 Å². The van der Waals surface area contributed by atoms with E-state index in [9.17, 15) is 8.78 Å². The Hall–Kier alpha value is -1.81. The molecule has 0 aliphatic carbocycles. The molecule has 1 heterocycles. The van der Waals surface area contributed by atoms with Crippen LogP contribution in [0.3, 0.4) is 0 Å². The summed E-state index contributed by atoms with van der Waals surface area (Å²) >= 11 is 6.30. The van der Waals surface area contributed by atoms with E-state index in [1.807, 2.05) is 0 Å². The fraction of sp³-hybridized carbons (Fsp3) is 0.250. The highest BCUT2D eigenvalue weighted by atomic mass is 35.5. The summed E-state index contributed by atoms with van der Waals surface area (Å²) in [5.41, 5.74) is 0.988. The van der Waals surface area contributed by atoms with Gasteiger partial charge < -0.3 is 9.47 Å². The highest BCUT2D eigenvalue weighted by Gasteiger charge is 2.20. The first-order valence-electron chi connectivity index (χ1n) is 6.55. The fourth-order valence-corrected chi connectivity index (χ4v) is 2.56. The Kier molecular flexibility index (Phi) is 3.72. The molecule has 5 heteroatoms. The van der Waals surface area contributed by atoms with Crippen molar-refractivity contribution in [3.05, 3.63) is 58.7 Å². The highest BCUT2D eigenvalue weighted by Crippen LogP contribution is 2.37. The lowest BCUT2D eigenvalue weighted by Crippen LogP contribution is -2.15. The van der Waals surface area contributed by atoms with Crippen LogP contribution in [-0.4, -0.2) is 13.2 Å². The molecular formula is C16H13ClF2O2. The second-order valence-corrected chi connectivity index (χ2v) is 5.32. The van der Waals surface area contributed by atoms with Crippen molar-refractivity contribution < 1.29 is 18.3 Å². The van der Waals surface area contributed by atoms with Crippen molar-refractivity contribution in [2.45, 2.75) is 12.3 Å². The monoisotopic (exact) mass is 310 g/mol. The minimum Gasteiger partial charge on any atom is -0.486 e. The number of halogens is 3. The topological polar surface area (TPSA) is 18.5 Å². The Morgan fingerprint density at radius 3 is 2.48 bits per heavy atom. The van der Waals surface area contributed by atoms with Crippen molar-refractivity contribution in [2.75, 3.05) is 13.2 Å². The molecule has 0 spiro atoms. The Bertz CT molecular complexity index is 688. The standard InChI is InChI=1S/C16H13ClF2O2/c1-9-6-13(19)11(8-12(9)18)16(17)10-2-3-14-15(7-10)21-5-4-20-14/h2-3,6-8,16H,4-5H2,1H3. The lowest BCUT2D eigenvalue weighted by atomic mass is 10.0. The Morgan fingerprint density at radius 2 is 1.71 bits per heavy atom. The van der Waals surface area contributed by atoms with Crippen LogP contribution in [0.5, 0.6) is 11.5 Å². The smallest absolute Gasteiger partial charge is 0.161 e. The van der Waals surface area contributed by atoms with E-state index in [2.05, 4.69) is 0 Å². The lowest BCUT2D eigenvalue weighted by Gasteiger charge is -2.20. The first-order valence-corrected chi connectivity index (χ1v) is 6.99. The maximum Gasteiger partial charge on any atom is 0.161 e. The molecule has 0 radical (unpaired) electrons. The molecule has 0 saturated carbocycles. The molecule has 0 N–H and O–H groups in total. The summed E-state index contributed by atoms with van der Waals surface area (Å²) < 4.78 is 38.5. The molecule has 0 aromatic heterocycles. The maximum absolute atomic E-state index is 14.0. The number of fused-ring (bicyclic) bond motifs is 1. The van der Waals surface area contributed by atoms with E-state index < -0.39 is 17.0 Å². The molecular weight excluding hydrogens is 298 g/mol. The zero-order chi connectivity index (χ0) is 15.0. The molecule has 21 heavy (non-hydrogen) atoms. The van der Waals surface area contributed by atoms with Gasteiger partial charge in [-0.25, -0.2) is 8.78 Å². The third kappa shape index (κ3) is 2.68. The molecule has 110 valence electrons. The molecule has 2 aromatic carbocycles. The molecule has 0 bridgehead atoms. The van der Waals surface area contributed by atoms with Gasteiger partial charge in [0.2, 0.25) is 0 Å². The largest absolute Gasteiger partial charge is 0.486 e. The number of aryl methyl sites for hydroxylation is 1. The maximum atomic E-state index is 14.0. The number of benzene rings is 2. The van der Waals surface area contributed by atoms with E-state index in [4.69, 9.17) is 21.1 Å². The van der Waals surface area contributed by atoms with Crippen molar-refractivity contribution in [3.8, 4) is 11.5 Å². The van der Waals surface area contributed by atoms with Crippen molar-refractivity contribution in [3.63, 3.8) is 0 Å². The Morgan fingerprint density at radius 1 is 1.00 bits per heavy atom. The number of hydrogen-bond donors (Lipinski definition) is 0. The summed E-state index contributed by atoms with van der Waals surface area (Å²) in [5, 5.41) is -0.795. The van der Waals surface area contributed by atoms with Crippen LogP contribution >= 0.6 is 11.6 Å². The van der Waals surface area contributed by atoms with Gasteiger partial charge in [-0.2, -0.15) is 0 Å². The van der Waals surface area contributed by atoms with Gasteiger partial charge in [-0.15, -0.1) is 11.6 Å². The van der Waals surface area contributed by atoms with Crippen LogP contribution in [0.25, 0.3) is 0 Å². The quantitative estimate of drug-likeness (QED) is 0.767. The van der Waals surface area contributed by atoms with E-state index >= 15 is 0 Å². The molecule has 0 amide bonds. The predicted molar refractivity (Wildman–Crippen MR) is 76.2 cm³/mol. The number of hydrogen-bond acceptors (Lipinski definition) is 2. The van der Waals surface area contributed by atoms with Crippen LogP contribution in [0.15, 0.2) is 30.3 Å². The second-order valence-electron chi connectivity index (χ2n) is 4.89. The third-order valence-electron chi connectivity index (χ3n) is 3.41. The van der Waals surface area contributed by atoms with E-state index in [-0.39, 0.29) is 11.1 Å². The van der Waals surface area contributed by atoms with Crippen LogP contribution in [0.4, 0.5) is 8.78 Å². The van der Waals surface area contributed by atoms with Gasteiger partial charge in [-0.1, -0.05) is 6.07 Å². The molecule has 0 saturated heterocycles. The van der Waals surface area contributed by atoms with E-state index in [0.29, 0.717) is 30.3 Å². The van der Waals surface area contributed by atoms with Crippen LogP contribution in [-0.2, 0) is 0 Å². The molecule has 2 aromatic rings. The summed E-state index contributed by atoms with van der Waals surface area (Å²) in [6.45, 7) is 2.46. The average Bonchev–Trinajstić information content (AvgIpc) is 2.50. The molecule has 1 aliphatic heterocycles. The zero-order valence-electron chi connectivity index (χ0n) is 11.3. The van der Waals surface area contributed by atoms with Crippen LogP contribution in [0.2, 0.25) is 0 Å². The number of alkyl halides is 1. The fourth-order valence-electron chi connectivity index (χ4n) is 2.25. The van der Waals surface area contributed by atoms with Gasteiger partial charge in [0.25, 0.3) is 0 Å². The molecule has 1 atom stereocenters. The highest BCUT2D eigenvalue weighted by molar-refractivity contribution is 6.22. The minimum absolute atomic E-state index is 0.108. The van der Waals surface area contributed by atoms with Crippen molar-refractivity contribution >= 4 is 11.6 Å². The molecule has 1 aliphatic rings. The van der Waals surface area contributed by atoms with Crippen LogP contribution in [0.1, 0.15) is 22.1 Å². The van der Waals surface area contributed by atoms with Gasteiger partial charge in [0, 0.05) is 5.56 Å².